The Morgan fingerprint density at radius 2 is 1.83 bits per heavy atom. The Kier molecular flexibility index (Phi) is 4.69. The van der Waals surface area contributed by atoms with E-state index >= 15 is 0 Å². The largest absolute Gasteiger partial charge is 0.396 e. The zero-order valence-electron chi connectivity index (χ0n) is 12.7. The molecule has 3 aromatic rings. The van der Waals surface area contributed by atoms with Crippen LogP contribution in [0.2, 0.25) is 0 Å². The maximum atomic E-state index is 13.0. The number of benzene rings is 2. The molecule has 1 aromatic heterocycles. The van der Waals surface area contributed by atoms with E-state index in [4.69, 9.17) is 5.11 Å². The van der Waals surface area contributed by atoms with Gasteiger partial charge >= 0.3 is 0 Å². The van der Waals surface area contributed by atoms with E-state index in [0.717, 1.165) is 16.9 Å². The van der Waals surface area contributed by atoms with E-state index in [1.165, 1.54) is 12.1 Å². The minimum Gasteiger partial charge on any atom is -0.396 e. The summed E-state index contributed by atoms with van der Waals surface area (Å²) < 4.78 is 15.0. The summed E-state index contributed by atoms with van der Waals surface area (Å²) in [6, 6.07) is 13.6. The van der Waals surface area contributed by atoms with Crippen LogP contribution in [0.15, 0.2) is 48.5 Å². The van der Waals surface area contributed by atoms with Crippen molar-refractivity contribution in [3.8, 4) is 0 Å². The van der Waals surface area contributed by atoms with Crippen molar-refractivity contribution < 1.29 is 14.6 Å². The molecular formula is C18H19FN2O2. The lowest BCUT2D eigenvalue weighted by Gasteiger charge is -2.15. The number of nitrogens with zero attached hydrogens (tertiary/aromatic N) is 2. The molecule has 23 heavy (non-hydrogen) atoms. The highest BCUT2D eigenvalue weighted by Crippen LogP contribution is 2.22. The maximum absolute atomic E-state index is 13.0. The molecule has 3 rings (SSSR count). The first kappa shape index (κ1) is 15.6. The zero-order chi connectivity index (χ0) is 16.2. The highest BCUT2D eigenvalue weighted by molar-refractivity contribution is 5.75. The smallest absolute Gasteiger partial charge is 0.123 e. The van der Waals surface area contributed by atoms with Gasteiger partial charge in [0, 0.05) is 13.0 Å². The van der Waals surface area contributed by atoms with Crippen LogP contribution in [0.4, 0.5) is 4.39 Å². The first-order valence-electron chi connectivity index (χ1n) is 7.67. The number of halogens is 1. The fourth-order valence-electron chi connectivity index (χ4n) is 2.72. The molecule has 5 heteroatoms. The van der Waals surface area contributed by atoms with Crippen molar-refractivity contribution in [2.75, 3.05) is 6.61 Å². The number of hydrogen-bond donors (Lipinski definition) is 2. The predicted molar refractivity (Wildman–Crippen MR) is 86.5 cm³/mol. The van der Waals surface area contributed by atoms with Gasteiger partial charge in [-0.1, -0.05) is 24.3 Å². The van der Waals surface area contributed by atoms with Crippen LogP contribution >= 0.6 is 0 Å². The molecule has 0 aliphatic heterocycles. The van der Waals surface area contributed by atoms with Crippen molar-refractivity contribution in [1.82, 2.24) is 9.55 Å². The molecule has 1 atom stereocenters. The summed E-state index contributed by atoms with van der Waals surface area (Å²) in [5.41, 5.74) is 2.48. The highest BCUT2D eigenvalue weighted by Gasteiger charge is 2.15. The van der Waals surface area contributed by atoms with E-state index in [-0.39, 0.29) is 12.4 Å². The zero-order valence-corrected chi connectivity index (χ0v) is 12.7. The van der Waals surface area contributed by atoms with Gasteiger partial charge in [-0.05, 0) is 36.2 Å². The summed E-state index contributed by atoms with van der Waals surface area (Å²) >= 11 is 0. The van der Waals surface area contributed by atoms with Crippen LogP contribution in [0.3, 0.4) is 0 Å². The highest BCUT2D eigenvalue weighted by atomic mass is 19.1. The predicted octanol–water partition coefficient (Wildman–Crippen LogP) is 2.83. The van der Waals surface area contributed by atoms with Gasteiger partial charge in [-0.2, -0.15) is 0 Å². The number of imidazole rings is 1. The van der Waals surface area contributed by atoms with Crippen LogP contribution in [-0.2, 0) is 13.0 Å². The average Bonchev–Trinajstić information content (AvgIpc) is 2.91. The van der Waals surface area contributed by atoms with Crippen molar-refractivity contribution in [2.45, 2.75) is 25.5 Å². The second-order valence-corrected chi connectivity index (χ2v) is 5.52. The number of aliphatic hydroxyl groups excluding tert-OH is 2. The third kappa shape index (κ3) is 3.41. The van der Waals surface area contributed by atoms with Crippen LogP contribution in [0.1, 0.15) is 23.9 Å². The van der Waals surface area contributed by atoms with Crippen molar-refractivity contribution in [1.29, 1.82) is 0 Å². The molecule has 120 valence electrons. The van der Waals surface area contributed by atoms with Crippen LogP contribution in [0.25, 0.3) is 11.0 Å². The normalized spacial score (nSPS) is 12.7. The lowest BCUT2D eigenvalue weighted by molar-refractivity contribution is 0.156. The summed E-state index contributed by atoms with van der Waals surface area (Å²) in [7, 11) is 0. The summed E-state index contributed by atoms with van der Waals surface area (Å²) in [5.74, 6) is 0.513. The number of para-hydroxylation sites is 2. The molecule has 0 unspecified atom stereocenters. The van der Waals surface area contributed by atoms with Crippen LogP contribution < -0.4 is 0 Å². The molecule has 0 saturated heterocycles. The number of rotatable bonds is 6. The number of aliphatic hydroxyl groups is 2. The second-order valence-electron chi connectivity index (χ2n) is 5.52. The van der Waals surface area contributed by atoms with E-state index in [2.05, 4.69) is 4.98 Å². The molecular weight excluding hydrogens is 295 g/mol. The Bertz CT molecular complexity index is 783. The van der Waals surface area contributed by atoms with E-state index in [9.17, 15) is 9.50 Å². The van der Waals surface area contributed by atoms with Gasteiger partial charge in [-0.3, -0.25) is 0 Å². The fourth-order valence-corrected chi connectivity index (χ4v) is 2.72. The Hall–Kier alpha value is -2.24. The lowest BCUT2D eigenvalue weighted by Crippen LogP contribution is -2.12. The molecule has 0 spiro atoms. The molecule has 0 aliphatic carbocycles. The van der Waals surface area contributed by atoms with Gasteiger partial charge < -0.3 is 14.8 Å². The minimum atomic E-state index is -0.749. The summed E-state index contributed by atoms with van der Waals surface area (Å²) in [6.07, 6.45) is 0.512. The third-order valence-corrected chi connectivity index (χ3v) is 3.90. The number of aryl methyl sites for hydroxylation is 1. The molecule has 0 aliphatic rings. The van der Waals surface area contributed by atoms with Crippen molar-refractivity contribution in [3.63, 3.8) is 0 Å². The summed E-state index contributed by atoms with van der Waals surface area (Å²) in [5, 5.41) is 19.5. The van der Waals surface area contributed by atoms with E-state index in [0.29, 0.717) is 24.9 Å². The van der Waals surface area contributed by atoms with Gasteiger partial charge in [0.25, 0.3) is 0 Å². The van der Waals surface area contributed by atoms with Crippen LogP contribution in [-0.4, -0.2) is 26.4 Å². The lowest BCUT2D eigenvalue weighted by atomic mass is 10.1. The molecule has 0 saturated carbocycles. The number of hydrogen-bond acceptors (Lipinski definition) is 3. The topological polar surface area (TPSA) is 58.3 Å². The minimum absolute atomic E-state index is 0.101. The van der Waals surface area contributed by atoms with Gasteiger partial charge in [0.15, 0.2) is 0 Å². The quantitative estimate of drug-likeness (QED) is 0.735. The molecule has 0 amide bonds. The van der Waals surface area contributed by atoms with Crippen molar-refractivity contribution in [2.24, 2.45) is 0 Å². The van der Waals surface area contributed by atoms with E-state index in [1.807, 2.05) is 28.8 Å². The van der Waals surface area contributed by atoms with Gasteiger partial charge in [0.05, 0.1) is 23.7 Å². The molecule has 0 fully saturated rings. The van der Waals surface area contributed by atoms with Crippen molar-refractivity contribution in [3.05, 3.63) is 65.7 Å². The third-order valence-electron chi connectivity index (χ3n) is 3.90. The van der Waals surface area contributed by atoms with Gasteiger partial charge in [-0.25, -0.2) is 9.37 Å². The molecule has 0 radical (unpaired) electrons. The number of fused-ring (bicyclic) bond motifs is 1. The molecule has 4 nitrogen and oxygen atoms in total. The average molecular weight is 314 g/mol. The molecule has 2 N–H and O–H groups in total. The monoisotopic (exact) mass is 314 g/mol. The van der Waals surface area contributed by atoms with Gasteiger partial charge in [0.1, 0.15) is 11.6 Å². The van der Waals surface area contributed by atoms with Crippen molar-refractivity contribution >= 4 is 11.0 Å². The molecule has 1 heterocycles. The van der Waals surface area contributed by atoms with Gasteiger partial charge in [0.2, 0.25) is 0 Å². The van der Waals surface area contributed by atoms with E-state index in [1.54, 1.807) is 12.1 Å². The SMILES string of the molecule is OCCCc1nc2ccccc2n1C[C@H](O)c1ccc(F)cc1. The molecule has 2 aromatic carbocycles. The summed E-state index contributed by atoms with van der Waals surface area (Å²) in [6.45, 7) is 0.441. The van der Waals surface area contributed by atoms with Gasteiger partial charge in [-0.15, -0.1) is 0 Å². The Labute approximate surface area is 133 Å². The first-order chi connectivity index (χ1) is 11.2. The number of aromatic nitrogens is 2. The standard InChI is InChI=1S/C18H19FN2O2/c19-14-9-7-13(8-10-14)17(23)12-21-16-5-2-1-4-15(16)20-18(21)6-3-11-22/h1-2,4-5,7-10,17,22-23H,3,6,11-12H2/t17-/m0/s1. The van der Waals surface area contributed by atoms with Crippen LogP contribution in [0.5, 0.6) is 0 Å². The van der Waals surface area contributed by atoms with Crippen LogP contribution in [0, 0.1) is 5.82 Å². The fraction of sp³-hybridized carbons (Fsp3) is 0.278. The molecule has 0 bridgehead atoms. The Morgan fingerprint density at radius 1 is 1.09 bits per heavy atom. The van der Waals surface area contributed by atoms with E-state index < -0.39 is 6.10 Å². The maximum Gasteiger partial charge on any atom is 0.123 e. The Morgan fingerprint density at radius 3 is 2.57 bits per heavy atom. The Balaban J connectivity index is 1.92. The second kappa shape index (κ2) is 6.89. The summed E-state index contributed by atoms with van der Waals surface area (Å²) in [4.78, 5) is 4.59. The first-order valence-corrected chi connectivity index (χ1v) is 7.67.